The predicted molar refractivity (Wildman–Crippen MR) is 90.2 cm³/mol. The van der Waals surface area contributed by atoms with Crippen molar-refractivity contribution in [2.24, 2.45) is 0 Å². The molecule has 0 unspecified atom stereocenters. The number of hydrogen-bond acceptors (Lipinski definition) is 4. The van der Waals surface area contributed by atoms with Gasteiger partial charge in [-0.05, 0) is 44.2 Å². The van der Waals surface area contributed by atoms with Crippen molar-refractivity contribution in [3.63, 3.8) is 0 Å². The van der Waals surface area contributed by atoms with Crippen molar-refractivity contribution in [2.75, 3.05) is 5.32 Å². The number of aromatic nitrogens is 4. The van der Waals surface area contributed by atoms with E-state index in [4.69, 9.17) is 0 Å². The van der Waals surface area contributed by atoms with Gasteiger partial charge >= 0.3 is 5.69 Å². The summed E-state index contributed by atoms with van der Waals surface area (Å²) in [7, 11) is 0. The van der Waals surface area contributed by atoms with Crippen LogP contribution < -0.4 is 11.0 Å². The number of carbonyl (C=O) groups is 1. The van der Waals surface area contributed by atoms with Gasteiger partial charge in [-0.15, -0.1) is 0 Å². The van der Waals surface area contributed by atoms with Crippen LogP contribution in [-0.4, -0.2) is 25.0 Å². The molecule has 0 aliphatic rings. The van der Waals surface area contributed by atoms with Crippen LogP contribution in [0.1, 0.15) is 11.4 Å². The molecular weight excluding hydrogens is 306 g/mol. The number of hydrogen-bond donors (Lipinski definition) is 1. The highest BCUT2D eigenvalue weighted by atomic mass is 16.2. The quantitative estimate of drug-likeness (QED) is 0.792. The fourth-order valence-corrected chi connectivity index (χ4v) is 2.33. The summed E-state index contributed by atoms with van der Waals surface area (Å²) >= 11 is 0. The Kier molecular flexibility index (Phi) is 4.24. The van der Waals surface area contributed by atoms with Gasteiger partial charge in [0.25, 0.3) is 0 Å². The van der Waals surface area contributed by atoms with Crippen LogP contribution in [0.4, 0.5) is 5.69 Å². The molecule has 0 atom stereocenters. The first-order valence-electron chi connectivity index (χ1n) is 7.47. The molecule has 3 aromatic rings. The Morgan fingerprint density at radius 3 is 2.54 bits per heavy atom. The number of benzene rings is 1. The summed E-state index contributed by atoms with van der Waals surface area (Å²) in [5.74, 6) is -0.285. The fraction of sp³-hybridized carbons (Fsp3) is 0.176. The molecule has 0 fully saturated rings. The summed E-state index contributed by atoms with van der Waals surface area (Å²) in [5.41, 5.74) is 3.23. The third-order valence-corrected chi connectivity index (χ3v) is 3.78. The first-order chi connectivity index (χ1) is 11.5. The molecule has 0 saturated heterocycles. The third-order valence-electron chi connectivity index (χ3n) is 3.78. The summed E-state index contributed by atoms with van der Waals surface area (Å²) < 4.78 is 3.23. The Hall–Kier alpha value is -3.22. The van der Waals surface area contributed by atoms with Gasteiger partial charge in [0.2, 0.25) is 5.91 Å². The van der Waals surface area contributed by atoms with E-state index in [1.54, 1.807) is 12.4 Å². The second-order valence-corrected chi connectivity index (χ2v) is 5.41. The van der Waals surface area contributed by atoms with Gasteiger partial charge in [-0.1, -0.05) is 0 Å². The van der Waals surface area contributed by atoms with E-state index in [2.05, 4.69) is 15.3 Å². The van der Waals surface area contributed by atoms with Crippen molar-refractivity contribution < 1.29 is 4.79 Å². The smallest absolute Gasteiger partial charge is 0.325 e. The minimum Gasteiger partial charge on any atom is -0.325 e. The van der Waals surface area contributed by atoms with Gasteiger partial charge in [0.15, 0.2) is 0 Å². The minimum absolute atomic E-state index is 0.0752. The molecule has 0 saturated carbocycles. The molecule has 0 spiro atoms. The number of nitrogens with zero attached hydrogens (tertiary/aromatic N) is 4. The van der Waals surface area contributed by atoms with Crippen molar-refractivity contribution in [2.45, 2.75) is 20.4 Å². The number of carbonyl (C=O) groups excluding carboxylic acids is 1. The summed E-state index contributed by atoms with van der Waals surface area (Å²) in [6.07, 6.45) is 4.70. The Morgan fingerprint density at radius 2 is 1.92 bits per heavy atom. The Balaban J connectivity index is 1.70. The zero-order valence-corrected chi connectivity index (χ0v) is 13.4. The first-order valence-corrected chi connectivity index (χ1v) is 7.47. The standard InChI is InChI=1S/C17H17N5O2/c1-12-13(2)22(11-19-12)15-6-4-14(5-7-15)20-16(23)10-21-9-3-8-18-17(21)24/h3-9,11H,10H2,1-2H3,(H,20,23). The molecule has 0 aliphatic carbocycles. The highest BCUT2D eigenvalue weighted by Crippen LogP contribution is 2.16. The molecule has 122 valence electrons. The second-order valence-electron chi connectivity index (χ2n) is 5.41. The van der Waals surface area contributed by atoms with Crippen LogP contribution in [0.15, 0.2) is 53.8 Å². The van der Waals surface area contributed by atoms with Crippen LogP contribution in [0.25, 0.3) is 5.69 Å². The number of amides is 1. The summed E-state index contributed by atoms with van der Waals surface area (Å²) in [6.45, 7) is 3.89. The molecule has 7 heteroatoms. The lowest BCUT2D eigenvalue weighted by molar-refractivity contribution is -0.116. The molecule has 0 radical (unpaired) electrons. The minimum atomic E-state index is -0.450. The van der Waals surface area contributed by atoms with Gasteiger partial charge in [-0.3, -0.25) is 9.36 Å². The highest BCUT2D eigenvalue weighted by Gasteiger charge is 2.07. The number of anilines is 1. The lowest BCUT2D eigenvalue weighted by Crippen LogP contribution is -2.28. The van der Waals surface area contributed by atoms with E-state index in [9.17, 15) is 9.59 Å². The molecule has 1 aromatic carbocycles. The molecule has 0 aliphatic heterocycles. The van der Waals surface area contributed by atoms with Crippen molar-refractivity contribution >= 4 is 11.6 Å². The largest absolute Gasteiger partial charge is 0.347 e. The van der Waals surface area contributed by atoms with E-state index >= 15 is 0 Å². The lowest BCUT2D eigenvalue weighted by atomic mass is 10.2. The van der Waals surface area contributed by atoms with E-state index in [-0.39, 0.29) is 12.5 Å². The van der Waals surface area contributed by atoms with Gasteiger partial charge in [0.1, 0.15) is 6.54 Å². The van der Waals surface area contributed by atoms with Crippen LogP contribution in [0.2, 0.25) is 0 Å². The van der Waals surface area contributed by atoms with Gasteiger partial charge in [-0.2, -0.15) is 0 Å². The van der Waals surface area contributed by atoms with Gasteiger partial charge in [0, 0.05) is 29.5 Å². The third kappa shape index (κ3) is 3.24. The molecule has 24 heavy (non-hydrogen) atoms. The monoisotopic (exact) mass is 323 g/mol. The average Bonchev–Trinajstić information content (AvgIpc) is 2.90. The lowest BCUT2D eigenvalue weighted by Gasteiger charge is -2.09. The van der Waals surface area contributed by atoms with E-state index < -0.39 is 5.69 Å². The summed E-state index contributed by atoms with van der Waals surface area (Å²) in [5, 5.41) is 2.76. The van der Waals surface area contributed by atoms with E-state index in [0.29, 0.717) is 5.69 Å². The van der Waals surface area contributed by atoms with Crippen LogP contribution in [0, 0.1) is 13.8 Å². The molecule has 2 aromatic heterocycles. The van der Waals surface area contributed by atoms with Crippen molar-refractivity contribution in [1.82, 2.24) is 19.1 Å². The van der Waals surface area contributed by atoms with Crippen molar-refractivity contribution in [1.29, 1.82) is 0 Å². The molecule has 1 N–H and O–H groups in total. The Bertz CT molecular complexity index is 925. The fourth-order valence-electron chi connectivity index (χ4n) is 2.33. The number of rotatable bonds is 4. The van der Waals surface area contributed by atoms with E-state index in [0.717, 1.165) is 17.1 Å². The molecule has 1 amide bonds. The molecule has 0 bridgehead atoms. The molecular formula is C17H17N5O2. The van der Waals surface area contributed by atoms with Gasteiger partial charge in [0.05, 0.1) is 12.0 Å². The topological polar surface area (TPSA) is 81.8 Å². The van der Waals surface area contributed by atoms with Crippen molar-refractivity contribution in [3.8, 4) is 5.69 Å². The van der Waals surface area contributed by atoms with Crippen LogP contribution in [-0.2, 0) is 11.3 Å². The molecule has 3 rings (SSSR count). The maximum Gasteiger partial charge on any atom is 0.347 e. The number of imidazole rings is 1. The average molecular weight is 323 g/mol. The van der Waals surface area contributed by atoms with Crippen LogP contribution >= 0.6 is 0 Å². The normalized spacial score (nSPS) is 10.6. The maximum atomic E-state index is 12.0. The molecule has 2 heterocycles. The SMILES string of the molecule is Cc1ncn(-c2ccc(NC(=O)Cn3cccnc3=O)cc2)c1C. The van der Waals surface area contributed by atoms with Crippen molar-refractivity contribution in [3.05, 3.63) is 70.9 Å². The van der Waals surface area contributed by atoms with Gasteiger partial charge in [-0.25, -0.2) is 14.8 Å². The van der Waals surface area contributed by atoms with E-state index in [1.165, 1.54) is 17.0 Å². The maximum absolute atomic E-state index is 12.0. The zero-order valence-electron chi connectivity index (χ0n) is 13.4. The first kappa shape index (κ1) is 15.7. The summed E-state index contributed by atoms with van der Waals surface area (Å²) in [6, 6.07) is 9.04. The molecule has 7 nitrogen and oxygen atoms in total. The second kappa shape index (κ2) is 6.49. The zero-order chi connectivity index (χ0) is 17.1. The van der Waals surface area contributed by atoms with Crippen LogP contribution in [0.3, 0.4) is 0 Å². The number of aryl methyl sites for hydroxylation is 1. The van der Waals surface area contributed by atoms with Gasteiger partial charge < -0.3 is 9.88 Å². The Morgan fingerprint density at radius 1 is 1.17 bits per heavy atom. The highest BCUT2D eigenvalue weighted by molar-refractivity contribution is 5.90. The predicted octanol–water partition coefficient (Wildman–Crippen LogP) is 1.68. The van der Waals surface area contributed by atoms with E-state index in [1.807, 2.05) is 42.7 Å². The van der Waals surface area contributed by atoms with Crippen LogP contribution in [0.5, 0.6) is 0 Å². The summed E-state index contributed by atoms with van der Waals surface area (Å²) in [4.78, 5) is 31.4. The Labute approximate surface area is 138 Å². The number of nitrogens with one attached hydrogen (secondary N) is 1.